The molecule has 154 valence electrons. The van der Waals surface area contributed by atoms with E-state index >= 15 is 0 Å². The number of rotatable bonds is 5. The number of fused-ring (bicyclic) bond motifs is 1. The fourth-order valence-corrected chi connectivity index (χ4v) is 3.84. The van der Waals surface area contributed by atoms with Gasteiger partial charge in [0.2, 0.25) is 5.95 Å². The zero-order valence-electron chi connectivity index (χ0n) is 16.6. The van der Waals surface area contributed by atoms with Crippen molar-refractivity contribution in [1.82, 2.24) is 14.8 Å². The van der Waals surface area contributed by atoms with Crippen molar-refractivity contribution < 1.29 is 14.3 Å². The monoisotopic (exact) mass is 469 g/mol. The third kappa shape index (κ3) is 3.63. The lowest BCUT2D eigenvalue weighted by atomic mass is 9.94. The van der Waals surface area contributed by atoms with Gasteiger partial charge in [-0.3, -0.25) is 4.79 Å². The van der Waals surface area contributed by atoms with Crippen molar-refractivity contribution in [3.8, 4) is 11.5 Å². The molecule has 1 aliphatic heterocycles. The quantitative estimate of drug-likeness (QED) is 0.587. The number of anilines is 2. The second-order valence-electron chi connectivity index (χ2n) is 6.66. The summed E-state index contributed by atoms with van der Waals surface area (Å²) in [6.07, 6.45) is 1.46. The minimum absolute atomic E-state index is 0.252. The lowest BCUT2D eigenvalue weighted by Gasteiger charge is -2.29. The maximum Gasteiger partial charge on any atom is 0.255 e. The molecule has 0 saturated heterocycles. The normalized spacial score (nSPS) is 15.3. The number of methoxy groups -OCH3 is 2. The van der Waals surface area contributed by atoms with Gasteiger partial charge in [-0.25, -0.2) is 4.68 Å². The average molecular weight is 470 g/mol. The summed E-state index contributed by atoms with van der Waals surface area (Å²) in [6.45, 7) is 1.85. The van der Waals surface area contributed by atoms with Gasteiger partial charge in [-0.05, 0) is 49.4 Å². The SMILES string of the molecule is COc1ccc(NC(=O)C2=C(C)Nc3ncnn3[C@@H]2c2cc(Br)ccc2OC)cc1. The van der Waals surface area contributed by atoms with Crippen molar-refractivity contribution >= 4 is 33.5 Å². The summed E-state index contributed by atoms with van der Waals surface area (Å²) < 4.78 is 13.3. The first-order chi connectivity index (χ1) is 14.5. The average Bonchev–Trinajstić information content (AvgIpc) is 3.21. The fraction of sp³-hybridized carbons (Fsp3) is 0.190. The van der Waals surface area contributed by atoms with Crippen LogP contribution in [-0.4, -0.2) is 34.9 Å². The van der Waals surface area contributed by atoms with Crippen LogP contribution < -0.4 is 20.1 Å². The standard InChI is InChI=1S/C21H20BrN5O3/c1-12-18(20(28)26-14-5-7-15(29-2)8-6-14)19(27-21(25-12)23-11-24-27)16-10-13(22)4-9-17(16)30-3/h4-11,19H,1-3H3,(H,26,28)(H,23,24,25)/t19-/m1/s1. The molecule has 30 heavy (non-hydrogen) atoms. The Bertz CT molecular complexity index is 1120. The number of carbonyl (C=O) groups is 1. The molecular weight excluding hydrogens is 450 g/mol. The molecule has 0 aliphatic carbocycles. The summed E-state index contributed by atoms with van der Waals surface area (Å²) in [5, 5.41) is 10.5. The summed E-state index contributed by atoms with van der Waals surface area (Å²) in [7, 11) is 3.20. The van der Waals surface area contributed by atoms with Crippen LogP contribution in [-0.2, 0) is 4.79 Å². The van der Waals surface area contributed by atoms with Crippen molar-refractivity contribution in [3.63, 3.8) is 0 Å². The molecule has 0 spiro atoms. The Morgan fingerprint density at radius 2 is 1.93 bits per heavy atom. The summed E-state index contributed by atoms with van der Waals surface area (Å²) >= 11 is 3.52. The van der Waals surface area contributed by atoms with Crippen LogP contribution in [0.2, 0.25) is 0 Å². The molecular formula is C21H20BrN5O3. The van der Waals surface area contributed by atoms with Crippen LogP contribution in [0.25, 0.3) is 0 Å². The highest BCUT2D eigenvalue weighted by Crippen LogP contribution is 2.40. The molecule has 2 heterocycles. The molecule has 3 aromatic rings. The first-order valence-corrected chi connectivity index (χ1v) is 9.97. The van der Waals surface area contributed by atoms with Crippen molar-refractivity contribution in [3.05, 3.63) is 70.1 Å². The van der Waals surface area contributed by atoms with E-state index in [1.54, 1.807) is 43.2 Å². The minimum Gasteiger partial charge on any atom is -0.497 e. The maximum atomic E-state index is 13.4. The van der Waals surface area contributed by atoms with Gasteiger partial charge < -0.3 is 20.1 Å². The highest BCUT2D eigenvalue weighted by molar-refractivity contribution is 9.10. The summed E-state index contributed by atoms with van der Waals surface area (Å²) in [6, 6.07) is 12.3. The van der Waals surface area contributed by atoms with E-state index in [1.165, 1.54) is 6.33 Å². The highest BCUT2D eigenvalue weighted by atomic mass is 79.9. The molecule has 1 amide bonds. The van der Waals surface area contributed by atoms with Crippen LogP contribution in [0.1, 0.15) is 18.5 Å². The molecule has 8 nitrogen and oxygen atoms in total. The number of allylic oxidation sites excluding steroid dienone is 1. The van der Waals surface area contributed by atoms with Crippen molar-refractivity contribution in [1.29, 1.82) is 0 Å². The summed E-state index contributed by atoms with van der Waals surface area (Å²) in [5.74, 6) is 1.67. The van der Waals surface area contributed by atoms with Gasteiger partial charge in [-0.1, -0.05) is 15.9 Å². The molecule has 1 aromatic heterocycles. The Kier molecular flexibility index (Phi) is 5.45. The number of nitrogens with zero attached hydrogens (tertiary/aromatic N) is 3. The molecule has 9 heteroatoms. The molecule has 0 unspecified atom stereocenters. The third-order valence-corrected chi connectivity index (χ3v) is 5.37. The van der Waals surface area contributed by atoms with E-state index in [-0.39, 0.29) is 5.91 Å². The number of benzene rings is 2. The second-order valence-corrected chi connectivity index (χ2v) is 7.58. The van der Waals surface area contributed by atoms with Gasteiger partial charge in [0.1, 0.15) is 23.9 Å². The number of aromatic nitrogens is 3. The molecule has 0 bridgehead atoms. The Morgan fingerprint density at radius 3 is 2.63 bits per heavy atom. The molecule has 0 radical (unpaired) electrons. The molecule has 2 aromatic carbocycles. The van der Waals surface area contributed by atoms with E-state index in [9.17, 15) is 4.79 Å². The minimum atomic E-state index is -0.519. The van der Waals surface area contributed by atoms with Crippen molar-refractivity contribution in [2.75, 3.05) is 24.9 Å². The van der Waals surface area contributed by atoms with E-state index in [4.69, 9.17) is 9.47 Å². The van der Waals surface area contributed by atoms with Gasteiger partial charge in [0.05, 0.1) is 19.8 Å². The number of hydrogen-bond acceptors (Lipinski definition) is 6. The van der Waals surface area contributed by atoms with Gasteiger partial charge in [-0.2, -0.15) is 10.1 Å². The Hall–Kier alpha value is -3.33. The predicted molar refractivity (Wildman–Crippen MR) is 117 cm³/mol. The highest BCUT2D eigenvalue weighted by Gasteiger charge is 2.35. The van der Waals surface area contributed by atoms with Crippen molar-refractivity contribution in [2.24, 2.45) is 0 Å². The number of nitrogens with one attached hydrogen (secondary N) is 2. The van der Waals surface area contributed by atoms with Crippen LogP contribution in [0, 0.1) is 0 Å². The van der Waals surface area contributed by atoms with E-state index in [2.05, 4.69) is 36.6 Å². The number of carbonyl (C=O) groups excluding carboxylic acids is 1. The van der Waals surface area contributed by atoms with Gasteiger partial charge in [0.15, 0.2) is 0 Å². The Balaban J connectivity index is 1.78. The van der Waals surface area contributed by atoms with Crippen LogP contribution >= 0.6 is 15.9 Å². The van der Waals surface area contributed by atoms with E-state index < -0.39 is 6.04 Å². The number of ether oxygens (including phenoxy) is 2. The van der Waals surface area contributed by atoms with E-state index in [0.717, 1.165) is 10.0 Å². The predicted octanol–water partition coefficient (Wildman–Crippen LogP) is 3.99. The molecule has 4 rings (SSSR count). The van der Waals surface area contributed by atoms with E-state index in [0.29, 0.717) is 34.4 Å². The topological polar surface area (TPSA) is 90.3 Å². The van der Waals surface area contributed by atoms with Crippen molar-refractivity contribution in [2.45, 2.75) is 13.0 Å². The lowest BCUT2D eigenvalue weighted by molar-refractivity contribution is -0.113. The molecule has 1 atom stereocenters. The Labute approximate surface area is 182 Å². The molecule has 2 N–H and O–H groups in total. The largest absolute Gasteiger partial charge is 0.497 e. The van der Waals surface area contributed by atoms with Crippen LogP contribution in [0.3, 0.4) is 0 Å². The number of hydrogen-bond donors (Lipinski definition) is 2. The van der Waals surface area contributed by atoms with Gasteiger partial charge in [0.25, 0.3) is 5.91 Å². The van der Waals surface area contributed by atoms with Crippen LogP contribution in [0.5, 0.6) is 11.5 Å². The zero-order chi connectivity index (χ0) is 21.3. The zero-order valence-corrected chi connectivity index (χ0v) is 18.2. The first-order valence-electron chi connectivity index (χ1n) is 9.18. The van der Waals surface area contributed by atoms with Gasteiger partial charge >= 0.3 is 0 Å². The molecule has 0 fully saturated rings. The van der Waals surface area contributed by atoms with Gasteiger partial charge in [-0.15, -0.1) is 0 Å². The molecule has 1 aliphatic rings. The first kappa shape index (κ1) is 20.0. The second kappa shape index (κ2) is 8.19. The van der Waals surface area contributed by atoms with Gasteiger partial charge in [0, 0.05) is 21.4 Å². The van der Waals surface area contributed by atoms with Crippen LogP contribution in [0.15, 0.2) is 64.5 Å². The molecule has 0 saturated carbocycles. The summed E-state index contributed by atoms with van der Waals surface area (Å²) in [5.41, 5.74) is 2.65. The third-order valence-electron chi connectivity index (χ3n) is 4.87. The fourth-order valence-electron chi connectivity index (χ4n) is 3.46. The van der Waals surface area contributed by atoms with E-state index in [1.807, 2.05) is 25.1 Å². The number of amides is 1. The summed E-state index contributed by atoms with van der Waals surface area (Å²) in [4.78, 5) is 17.6. The Morgan fingerprint density at radius 1 is 1.17 bits per heavy atom. The lowest BCUT2D eigenvalue weighted by Crippen LogP contribution is -2.31. The maximum absolute atomic E-state index is 13.4. The van der Waals surface area contributed by atoms with Crippen LogP contribution in [0.4, 0.5) is 11.6 Å². The smallest absolute Gasteiger partial charge is 0.255 e. The number of halogens is 1.